The average molecular weight is 274 g/mol. The highest BCUT2D eigenvalue weighted by Crippen LogP contribution is 2.27. The standard InChI is InChI=1S/C16H26N4/c1-16(2)13-18(3)11-15-12-19(8-9-20(15)16)10-14-6-4-5-7-17-14/h4-7,15H,8-13H2,1-3H3. The number of pyridine rings is 1. The molecule has 110 valence electrons. The van der Waals surface area contributed by atoms with Crippen molar-refractivity contribution in [3.8, 4) is 0 Å². The number of fused-ring (bicyclic) bond motifs is 1. The zero-order valence-corrected chi connectivity index (χ0v) is 12.9. The van der Waals surface area contributed by atoms with Gasteiger partial charge in [0.1, 0.15) is 0 Å². The average Bonchev–Trinajstić information content (AvgIpc) is 2.38. The maximum atomic E-state index is 4.45. The molecular weight excluding hydrogens is 248 g/mol. The molecule has 1 atom stereocenters. The fourth-order valence-corrected chi connectivity index (χ4v) is 3.91. The number of hydrogen-bond acceptors (Lipinski definition) is 4. The van der Waals surface area contributed by atoms with Crippen LogP contribution in [0.2, 0.25) is 0 Å². The summed E-state index contributed by atoms with van der Waals surface area (Å²) in [4.78, 5) is 12.2. The van der Waals surface area contributed by atoms with Gasteiger partial charge in [-0.3, -0.25) is 14.8 Å². The third-order valence-corrected chi connectivity index (χ3v) is 4.64. The number of nitrogens with zero attached hydrogens (tertiary/aromatic N) is 4. The SMILES string of the molecule is CN1CC2CN(Cc3ccccn3)CCN2C(C)(C)C1. The van der Waals surface area contributed by atoms with Crippen LogP contribution in [0.1, 0.15) is 19.5 Å². The van der Waals surface area contributed by atoms with E-state index in [9.17, 15) is 0 Å². The lowest BCUT2D eigenvalue weighted by atomic mass is 9.93. The Labute approximate surface area is 122 Å². The Kier molecular flexibility index (Phi) is 3.80. The first kappa shape index (κ1) is 14.0. The van der Waals surface area contributed by atoms with Crippen LogP contribution in [0, 0.1) is 0 Å². The molecule has 2 saturated heterocycles. The number of rotatable bonds is 2. The molecule has 1 unspecified atom stereocenters. The van der Waals surface area contributed by atoms with Crippen molar-refractivity contribution in [2.45, 2.75) is 32.0 Å². The maximum Gasteiger partial charge on any atom is 0.0543 e. The van der Waals surface area contributed by atoms with Crippen molar-refractivity contribution < 1.29 is 0 Å². The minimum Gasteiger partial charge on any atom is -0.303 e. The number of hydrogen-bond donors (Lipinski definition) is 0. The van der Waals surface area contributed by atoms with E-state index >= 15 is 0 Å². The molecule has 4 nitrogen and oxygen atoms in total. The lowest BCUT2D eigenvalue weighted by Crippen LogP contribution is -2.68. The van der Waals surface area contributed by atoms with Gasteiger partial charge in [0.25, 0.3) is 0 Å². The van der Waals surface area contributed by atoms with Crippen LogP contribution in [0.4, 0.5) is 0 Å². The molecule has 0 radical (unpaired) electrons. The van der Waals surface area contributed by atoms with Gasteiger partial charge in [-0.1, -0.05) is 6.07 Å². The van der Waals surface area contributed by atoms with E-state index in [2.05, 4.69) is 52.7 Å². The van der Waals surface area contributed by atoms with Crippen LogP contribution in [0.3, 0.4) is 0 Å². The van der Waals surface area contributed by atoms with Crippen molar-refractivity contribution in [1.82, 2.24) is 19.7 Å². The topological polar surface area (TPSA) is 22.6 Å². The van der Waals surface area contributed by atoms with E-state index in [0.29, 0.717) is 11.6 Å². The molecule has 0 amide bonds. The number of piperazine rings is 2. The smallest absolute Gasteiger partial charge is 0.0543 e. The van der Waals surface area contributed by atoms with Crippen LogP contribution in [0.5, 0.6) is 0 Å². The summed E-state index contributed by atoms with van der Waals surface area (Å²) in [7, 11) is 2.25. The van der Waals surface area contributed by atoms with E-state index in [1.807, 2.05) is 12.3 Å². The van der Waals surface area contributed by atoms with Crippen molar-refractivity contribution in [3.63, 3.8) is 0 Å². The molecule has 3 rings (SSSR count). The zero-order valence-electron chi connectivity index (χ0n) is 12.9. The highest BCUT2D eigenvalue weighted by molar-refractivity contribution is 5.05. The molecule has 0 saturated carbocycles. The van der Waals surface area contributed by atoms with Crippen LogP contribution in [0.15, 0.2) is 24.4 Å². The van der Waals surface area contributed by atoms with Gasteiger partial charge in [0.2, 0.25) is 0 Å². The Balaban J connectivity index is 1.66. The molecular formula is C16H26N4. The summed E-state index contributed by atoms with van der Waals surface area (Å²) in [5, 5.41) is 0. The minimum absolute atomic E-state index is 0.300. The molecule has 20 heavy (non-hydrogen) atoms. The minimum atomic E-state index is 0.300. The first-order valence-corrected chi connectivity index (χ1v) is 7.62. The van der Waals surface area contributed by atoms with Crippen LogP contribution >= 0.6 is 0 Å². The summed E-state index contributed by atoms with van der Waals surface area (Å²) in [6.07, 6.45) is 1.89. The van der Waals surface area contributed by atoms with Gasteiger partial charge in [-0.05, 0) is 33.0 Å². The van der Waals surface area contributed by atoms with E-state index in [0.717, 1.165) is 19.6 Å². The molecule has 0 bridgehead atoms. The van der Waals surface area contributed by atoms with Crippen molar-refractivity contribution in [2.24, 2.45) is 0 Å². The molecule has 0 aromatic carbocycles. The van der Waals surface area contributed by atoms with Gasteiger partial charge >= 0.3 is 0 Å². The van der Waals surface area contributed by atoms with Crippen LogP contribution < -0.4 is 0 Å². The first-order chi connectivity index (χ1) is 9.54. The summed E-state index contributed by atoms with van der Waals surface area (Å²) in [6.45, 7) is 11.6. The number of likely N-dealkylation sites (N-methyl/N-ethyl adjacent to an activating group) is 1. The molecule has 4 heteroatoms. The maximum absolute atomic E-state index is 4.45. The molecule has 3 heterocycles. The second-order valence-electron chi connectivity index (χ2n) is 6.91. The monoisotopic (exact) mass is 274 g/mol. The molecule has 2 aliphatic rings. The zero-order chi connectivity index (χ0) is 14.2. The Morgan fingerprint density at radius 2 is 2.10 bits per heavy atom. The van der Waals surface area contributed by atoms with Crippen LogP contribution in [-0.4, -0.2) is 71.0 Å². The Hall–Kier alpha value is -0.970. The van der Waals surface area contributed by atoms with E-state index in [4.69, 9.17) is 0 Å². The van der Waals surface area contributed by atoms with E-state index < -0.39 is 0 Å². The van der Waals surface area contributed by atoms with Gasteiger partial charge in [-0.25, -0.2) is 0 Å². The molecule has 0 N–H and O–H groups in total. The molecule has 1 aromatic heterocycles. The van der Waals surface area contributed by atoms with Crippen LogP contribution in [-0.2, 0) is 6.54 Å². The van der Waals surface area contributed by atoms with Gasteiger partial charge < -0.3 is 4.90 Å². The highest BCUT2D eigenvalue weighted by Gasteiger charge is 2.41. The quantitative estimate of drug-likeness (QED) is 0.810. The van der Waals surface area contributed by atoms with E-state index in [-0.39, 0.29) is 0 Å². The number of aromatic nitrogens is 1. The van der Waals surface area contributed by atoms with Crippen molar-refractivity contribution in [2.75, 3.05) is 39.8 Å². The van der Waals surface area contributed by atoms with Gasteiger partial charge in [-0.15, -0.1) is 0 Å². The highest BCUT2D eigenvalue weighted by atomic mass is 15.4. The summed E-state index contributed by atoms with van der Waals surface area (Å²) >= 11 is 0. The second kappa shape index (κ2) is 5.43. The normalized spacial score (nSPS) is 28.2. The van der Waals surface area contributed by atoms with E-state index in [1.165, 1.54) is 25.3 Å². The van der Waals surface area contributed by atoms with Gasteiger partial charge in [0.05, 0.1) is 5.69 Å². The second-order valence-corrected chi connectivity index (χ2v) is 6.91. The van der Waals surface area contributed by atoms with E-state index in [1.54, 1.807) is 0 Å². The predicted octanol–water partition coefficient (Wildman–Crippen LogP) is 1.29. The summed E-state index contributed by atoms with van der Waals surface area (Å²) in [6, 6.07) is 6.85. The first-order valence-electron chi connectivity index (χ1n) is 7.62. The van der Waals surface area contributed by atoms with Gasteiger partial charge in [-0.2, -0.15) is 0 Å². The Bertz CT molecular complexity index is 445. The lowest BCUT2D eigenvalue weighted by molar-refractivity contribution is -0.0594. The summed E-state index contributed by atoms with van der Waals surface area (Å²) in [5.41, 5.74) is 1.48. The molecule has 0 spiro atoms. The van der Waals surface area contributed by atoms with Crippen molar-refractivity contribution >= 4 is 0 Å². The molecule has 1 aromatic rings. The Morgan fingerprint density at radius 3 is 2.85 bits per heavy atom. The summed E-state index contributed by atoms with van der Waals surface area (Å²) < 4.78 is 0. The fraction of sp³-hybridized carbons (Fsp3) is 0.688. The lowest BCUT2D eigenvalue weighted by Gasteiger charge is -2.55. The van der Waals surface area contributed by atoms with Crippen LogP contribution in [0.25, 0.3) is 0 Å². The fourth-order valence-electron chi connectivity index (χ4n) is 3.91. The third kappa shape index (κ3) is 2.87. The van der Waals surface area contributed by atoms with Crippen molar-refractivity contribution in [1.29, 1.82) is 0 Å². The predicted molar refractivity (Wildman–Crippen MR) is 81.6 cm³/mol. The largest absolute Gasteiger partial charge is 0.303 e. The third-order valence-electron chi connectivity index (χ3n) is 4.64. The Morgan fingerprint density at radius 1 is 1.25 bits per heavy atom. The molecule has 2 fully saturated rings. The molecule has 0 aliphatic carbocycles. The molecule has 2 aliphatic heterocycles. The van der Waals surface area contributed by atoms with Crippen molar-refractivity contribution in [3.05, 3.63) is 30.1 Å². The van der Waals surface area contributed by atoms with Gasteiger partial charge in [0.15, 0.2) is 0 Å². The summed E-state index contributed by atoms with van der Waals surface area (Å²) in [5.74, 6) is 0. The van der Waals surface area contributed by atoms with Gasteiger partial charge in [0, 0.05) is 57.0 Å².